The first-order chi connectivity index (χ1) is 8.69. The Morgan fingerprint density at radius 1 is 1.33 bits per heavy atom. The van der Waals surface area contributed by atoms with E-state index >= 15 is 0 Å². The summed E-state index contributed by atoms with van der Waals surface area (Å²) in [6.45, 7) is 2.04. The molecule has 3 rings (SSSR count). The second kappa shape index (κ2) is 4.37. The van der Waals surface area contributed by atoms with Gasteiger partial charge in [0, 0.05) is 11.1 Å². The van der Waals surface area contributed by atoms with Crippen molar-refractivity contribution in [2.45, 2.75) is 12.8 Å². The van der Waals surface area contributed by atoms with Gasteiger partial charge in [0.25, 0.3) is 0 Å². The van der Waals surface area contributed by atoms with Gasteiger partial charge >= 0.3 is 0 Å². The molecule has 0 aliphatic heterocycles. The summed E-state index contributed by atoms with van der Waals surface area (Å²) >= 11 is 7.41. The molecule has 3 aromatic rings. The van der Waals surface area contributed by atoms with Crippen molar-refractivity contribution >= 4 is 27.9 Å². The van der Waals surface area contributed by atoms with E-state index in [1.54, 1.807) is 23.5 Å². The Kier molecular flexibility index (Phi) is 2.84. The van der Waals surface area contributed by atoms with Gasteiger partial charge in [-0.25, -0.2) is 9.37 Å². The van der Waals surface area contributed by atoms with Crippen molar-refractivity contribution in [2.24, 2.45) is 0 Å². The van der Waals surface area contributed by atoms with Gasteiger partial charge in [-0.05, 0) is 36.8 Å². The zero-order valence-corrected chi connectivity index (χ0v) is 11.2. The van der Waals surface area contributed by atoms with Gasteiger partial charge in [0.15, 0.2) is 4.96 Å². The Labute approximate surface area is 113 Å². The number of halogens is 2. The van der Waals surface area contributed by atoms with Gasteiger partial charge in [0.05, 0.1) is 17.3 Å². The summed E-state index contributed by atoms with van der Waals surface area (Å²) in [6, 6.07) is 6.50. The minimum absolute atomic E-state index is 0.227. The third-order valence-corrected chi connectivity index (χ3v) is 4.04. The number of imidazole rings is 1. The topological polar surface area (TPSA) is 17.3 Å². The molecule has 0 atom stereocenters. The van der Waals surface area contributed by atoms with E-state index in [-0.39, 0.29) is 5.82 Å². The highest BCUT2D eigenvalue weighted by Gasteiger charge is 2.13. The van der Waals surface area contributed by atoms with Crippen LogP contribution in [0.15, 0.2) is 30.5 Å². The van der Waals surface area contributed by atoms with Crippen molar-refractivity contribution in [1.29, 1.82) is 0 Å². The van der Waals surface area contributed by atoms with Gasteiger partial charge in [-0.3, -0.25) is 4.40 Å². The van der Waals surface area contributed by atoms with E-state index in [1.807, 2.05) is 17.5 Å². The number of aromatic nitrogens is 2. The van der Waals surface area contributed by atoms with Crippen LogP contribution in [-0.2, 0) is 5.88 Å². The number of hydrogen-bond acceptors (Lipinski definition) is 2. The van der Waals surface area contributed by atoms with Gasteiger partial charge in [-0.2, -0.15) is 0 Å². The first-order valence-electron chi connectivity index (χ1n) is 5.48. The Bertz CT molecular complexity index is 700. The lowest BCUT2D eigenvalue weighted by Crippen LogP contribution is -1.86. The molecule has 0 unspecified atom stereocenters. The summed E-state index contributed by atoms with van der Waals surface area (Å²) < 4.78 is 15.0. The smallest absolute Gasteiger partial charge is 0.194 e. The highest BCUT2D eigenvalue weighted by atomic mass is 35.5. The molecule has 0 aliphatic carbocycles. The molecule has 92 valence electrons. The number of rotatable bonds is 2. The van der Waals surface area contributed by atoms with Crippen molar-refractivity contribution in [2.75, 3.05) is 0 Å². The first-order valence-corrected chi connectivity index (χ1v) is 6.83. The molecule has 0 aliphatic rings. The summed E-state index contributed by atoms with van der Waals surface area (Å²) in [6.07, 6.45) is 1.94. The van der Waals surface area contributed by atoms with Gasteiger partial charge in [-0.1, -0.05) is 0 Å². The Morgan fingerprint density at radius 3 is 2.72 bits per heavy atom. The van der Waals surface area contributed by atoms with Crippen LogP contribution in [0.25, 0.3) is 16.2 Å². The summed E-state index contributed by atoms with van der Waals surface area (Å²) in [5, 5.41) is 0. The predicted octanol–water partition coefficient (Wildman–Crippen LogP) is 4.25. The third-order valence-electron chi connectivity index (χ3n) is 2.80. The van der Waals surface area contributed by atoms with Crippen molar-refractivity contribution in [3.63, 3.8) is 0 Å². The lowest BCUT2D eigenvalue weighted by Gasteiger charge is -2.01. The van der Waals surface area contributed by atoms with E-state index in [9.17, 15) is 4.39 Å². The molecule has 0 bridgehead atoms. The molecule has 0 spiro atoms. The molecule has 0 saturated heterocycles. The zero-order chi connectivity index (χ0) is 12.7. The van der Waals surface area contributed by atoms with Gasteiger partial charge in [0.1, 0.15) is 5.82 Å². The van der Waals surface area contributed by atoms with Crippen LogP contribution in [0.4, 0.5) is 4.39 Å². The molecule has 2 aromatic heterocycles. The van der Waals surface area contributed by atoms with Gasteiger partial charge in [0.2, 0.25) is 0 Å². The van der Waals surface area contributed by atoms with Crippen molar-refractivity contribution in [3.05, 3.63) is 46.9 Å². The van der Waals surface area contributed by atoms with E-state index in [0.29, 0.717) is 5.88 Å². The summed E-state index contributed by atoms with van der Waals surface area (Å²) in [7, 11) is 0. The summed E-state index contributed by atoms with van der Waals surface area (Å²) in [5.41, 5.74) is 2.89. The standard InChI is InChI=1S/C13H10ClFN2S/c1-8-12(9-2-4-10(15)5-3-9)17-7-11(6-14)16-13(17)18-8/h2-5,7H,6H2,1H3. The van der Waals surface area contributed by atoms with Crippen LogP contribution in [0.2, 0.25) is 0 Å². The number of fused-ring (bicyclic) bond motifs is 1. The first kappa shape index (κ1) is 11.7. The second-order valence-electron chi connectivity index (χ2n) is 4.03. The Morgan fingerprint density at radius 2 is 2.06 bits per heavy atom. The van der Waals surface area contributed by atoms with E-state index in [1.165, 1.54) is 12.1 Å². The number of hydrogen-bond donors (Lipinski definition) is 0. The van der Waals surface area contributed by atoms with Gasteiger partial charge in [-0.15, -0.1) is 22.9 Å². The minimum Gasteiger partial charge on any atom is -0.290 e. The number of aryl methyl sites for hydroxylation is 1. The average molecular weight is 281 g/mol. The molecule has 2 nitrogen and oxygen atoms in total. The molecule has 0 N–H and O–H groups in total. The highest BCUT2D eigenvalue weighted by Crippen LogP contribution is 2.31. The van der Waals surface area contributed by atoms with Crippen LogP contribution in [0.1, 0.15) is 10.6 Å². The zero-order valence-electron chi connectivity index (χ0n) is 9.65. The third kappa shape index (κ3) is 1.82. The number of thiazole rings is 1. The van der Waals surface area contributed by atoms with Crippen LogP contribution in [0, 0.1) is 12.7 Å². The van der Waals surface area contributed by atoms with Crippen LogP contribution in [0.3, 0.4) is 0 Å². The SMILES string of the molecule is Cc1sc2nc(CCl)cn2c1-c1ccc(F)cc1. The molecule has 1 aromatic carbocycles. The van der Waals surface area contributed by atoms with Crippen LogP contribution >= 0.6 is 22.9 Å². The maximum atomic E-state index is 13.0. The lowest BCUT2D eigenvalue weighted by molar-refractivity contribution is 0.628. The largest absolute Gasteiger partial charge is 0.290 e. The fourth-order valence-corrected chi connectivity index (χ4v) is 3.13. The summed E-state index contributed by atoms with van der Waals surface area (Å²) in [4.78, 5) is 6.51. The molecular formula is C13H10ClFN2S. The lowest BCUT2D eigenvalue weighted by atomic mass is 10.1. The maximum Gasteiger partial charge on any atom is 0.194 e. The van der Waals surface area contributed by atoms with Crippen molar-refractivity contribution in [1.82, 2.24) is 9.38 Å². The van der Waals surface area contributed by atoms with Crippen molar-refractivity contribution < 1.29 is 4.39 Å². The van der Waals surface area contributed by atoms with E-state index < -0.39 is 0 Å². The number of nitrogens with zero attached hydrogens (tertiary/aromatic N) is 2. The fraction of sp³-hybridized carbons (Fsp3) is 0.154. The quantitative estimate of drug-likeness (QED) is 0.642. The average Bonchev–Trinajstić information content (AvgIpc) is 2.87. The van der Waals surface area contributed by atoms with Crippen LogP contribution in [0.5, 0.6) is 0 Å². The molecule has 0 radical (unpaired) electrons. The van der Waals surface area contributed by atoms with E-state index in [0.717, 1.165) is 26.8 Å². The Balaban J connectivity index is 2.23. The fourth-order valence-electron chi connectivity index (χ4n) is 2.01. The van der Waals surface area contributed by atoms with Crippen LogP contribution in [-0.4, -0.2) is 9.38 Å². The molecule has 18 heavy (non-hydrogen) atoms. The Hall–Kier alpha value is -1.39. The molecule has 2 heterocycles. The van der Waals surface area contributed by atoms with Crippen molar-refractivity contribution in [3.8, 4) is 11.3 Å². The molecule has 0 fully saturated rings. The molecular weight excluding hydrogens is 271 g/mol. The van der Waals surface area contributed by atoms with E-state index in [2.05, 4.69) is 4.98 Å². The van der Waals surface area contributed by atoms with Gasteiger partial charge < -0.3 is 0 Å². The minimum atomic E-state index is -0.227. The molecule has 5 heteroatoms. The monoisotopic (exact) mass is 280 g/mol. The predicted molar refractivity (Wildman–Crippen MR) is 72.8 cm³/mol. The van der Waals surface area contributed by atoms with E-state index in [4.69, 9.17) is 11.6 Å². The molecule has 0 amide bonds. The second-order valence-corrected chi connectivity index (χ2v) is 5.48. The number of alkyl halides is 1. The normalized spacial score (nSPS) is 11.3. The summed E-state index contributed by atoms with van der Waals surface area (Å²) in [5.74, 6) is 0.172. The van der Waals surface area contributed by atoms with Crippen LogP contribution < -0.4 is 0 Å². The number of benzene rings is 1. The maximum absolute atomic E-state index is 13.0. The molecule has 0 saturated carbocycles. The highest BCUT2D eigenvalue weighted by molar-refractivity contribution is 7.17.